The molecule has 1 unspecified atom stereocenters. The number of aliphatic carboxylic acids is 3. The molecule has 2 atom stereocenters. The minimum absolute atomic E-state index is 0.129. The summed E-state index contributed by atoms with van der Waals surface area (Å²) in [6.07, 6.45) is 1.25. The number of hydrogen-bond acceptors (Lipinski definition) is 8. The molecule has 1 saturated heterocycles. The molecule has 4 amide bonds. The number of amides is 4. The second-order valence-electron chi connectivity index (χ2n) is 9.32. The van der Waals surface area contributed by atoms with Gasteiger partial charge in [0.25, 0.3) is 0 Å². The highest BCUT2D eigenvalue weighted by atomic mass is 19.1. The molecule has 2 rings (SSSR count). The molecule has 0 aliphatic carbocycles. The van der Waals surface area contributed by atoms with E-state index in [1.807, 2.05) is 0 Å². The van der Waals surface area contributed by atoms with Crippen LogP contribution in [0, 0.1) is 5.41 Å². The number of carbonyl (C=O) groups is 6. The van der Waals surface area contributed by atoms with Crippen molar-refractivity contribution in [2.75, 3.05) is 6.67 Å². The molecule has 0 spiro atoms. The number of aryl methyl sites for hydroxylation is 2. The smallest absolute Gasteiger partial charge is 0.335 e. The van der Waals surface area contributed by atoms with Crippen LogP contribution in [-0.4, -0.2) is 94.6 Å². The maximum absolute atomic E-state index is 13.5. The zero-order chi connectivity index (χ0) is 29.3. The summed E-state index contributed by atoms with van der Waals surface area (Å²) < 4.78 is 13.9. The third-order valence-electron chi connectivity index (χ3n) is 6.97. The summed E-state index contributed by atoms with van der Waals surface area (Å²) in [4.78, 5) is 76.5. The molecule has 0 radical (unpaired) electrons. The molecule has 2 heterocycles. The number of nitrogens with zero attached hydrogens (tertiary/aromatic N) is 5. The Morgan fingerprint density at radius 1 is 0.923 bits per heavy atom. The fraction of sp³-hybridized carbons (Fsp3) is 0.667. The van der Waals surface area contributed by atoms with Gasteiger partial charge in [0.15, 0.2) is 0 Å². The molecular weight excluding hydrogens is 521 g/mol. The molecule has 0 bridgehead atoms. The lowest BCUT2D eigenvalue weighted by atomic mass is 9.77. The number of alkyl halides is 1. The van der Waals surface area contributed by atoms with E-state index >= 15 is 0 Å². The van der Waals surface area contributed by atoms with Crippen molar-refractivity contribution in [3.05, 3.63) is 11.9 Å². The largest absolute Gasteiger partial charge is 0.481 e. The van der Waals surface area contributed by atoms with Crippen LogP contribution in [0.1, 0.15) is 70.9 Å². The van der Waals surface area contributed by atoms with Crippen molar-refractivity contribution in [3.63, 3.8) is 0 Å². The van der Waals surface area contributed by atoms with E-state index in [1.165, 1.54) is 18.5 Å². The molecule has 1 aliphatic rings. The van der Waals surface area contributed by atoms with Crippen LogP contribution in [-0.2, 0) is 36.9 Å². The summed E-state index contributed by atoms with van der Waals surface area (Å²) in [5, 5.41) is 36.6. The summed E-state index contributed by atoms with van der Waals surface area (Å²) in [5.41, 5.74) is -1.27. The highest BCUT2D eigenvalue weighted by Crippen LogP contribution is 2.39. The molecule has 216 valence electrons. The van der Waals surface area contributed by atoms with Crippen molar-refractivity contribution in [2.24, 2.45) is 5.41 Å². The molecule has 15 heteroatoms. The number of carboxylic acids is 3. The third-order valence-corrected chi connectivity index (χ3v) is 6.97. The van der Waals surface area contributed by atoms with Crippen LogP contribution < -0.4 is 0 Å². The van der Waals surface area contributed by atoms with Gasteiger partial charge in [-0.15, -0.1) is 5.10 Å². The van der Waals surface area contributed by atoms with Gasteiger partial charge in [0.05, 0.1) is 12.4 Å². The van der Waals surface area contributed by atoms with Crippen LogP contribution in [0.4, 0.5) is 9.18 Å². The maximum Gasteiger partial charge on any atom is 0.335 e. The van der Waals surface area contributed by atoms with Gasteiger partial charge >= 0.3 is 23.9 Å². The minimum atomic E-state index is -1.90. The topological polar surface area (TPSA) is 200 Å². The van der Waals surface area contributed by atoms with Crippen LogP contribution in [0.15, 0.2) is 6.20 Å². The Morgan fingerprint density at radius 3 is 1.97 bits per heavy atom. The molecule has 0 saturated carbocycles. The number of aromatic nitrogens is 3. The Kier molecular flexibility index (Phi) is 11.0. The zero-order valence-electron chi connectivity index (χ0n) is 21.9. The van der Waals surface area contributed by atoms with Crippen LogP contribution >= 0.6 is 0 Å². The molecule has 39 heavy (non-hydrogen) atoms. The van der Waals surface area contributed by atoms with Gasteiger partial charge < -0.3 is 15.3 Å². The summed E-state index contributed by atoms with van der Waals surface area (Å²) in [6.45, 7) is 2.85. The van der Waals surface area contributed by atoms with Crippen molar-refractivity contribution in [2.45, 2.75) is 90.3 Å². The predicted octanol–water partition coefficient (Wildman–Crippen LogP) is 1.72. The predicted molar refractivity (Wildman–Crippen MR) is 130 cm³/mol. The molecule has 0 aromatic carbocycles. The van der Waals surface area contributed by atoms with Crippen molar-refractivity contribution in [1.29, 1.82) is 0 Å². The van der Waals surface area contributed by atoms with Gasteiger partial charge in [-0.25, -0.2) is 24.2 Å². The first-order valence-corrected chi connectivity index (χ1v) is 12.8. The number of barbiturate groups is 1. The van der Waals surface area contributed by atoms with Gasteiger partial charge in [0.1, 0.15) is 17.5 Å². The molecule has 1 aromatic heterocycles. The number of hydrogen-bond donors (Lipinski definition) is 3. The van der Waals surface area contributed by atoms with E-state index in [0.29, 0.717) is 41.3 Å². The first-order valence-electron chi connectivity index (χ1n) is 12.8. The molecular formula is C24H34FN5O9. The average Bonchev–Trinajstić information content (AvgIpc) is 3.34. The number of carboxylic acid groups (broad SMARTS) is 3. The van der Waals surface area contributed by atoms with Gasteiger partial charge in [-0.1, -0.05) is 19.1 Å². The molecule has 1 aromatic rings. The van der Waals surface area contributed by atoms with Gasteiger partial charge in [-0.3, -0.25) is 23.5 Å². The molecule has 14 nitrogen and oxygen atoms in total. The van der Waals surface area contributed by atoms with Gasteiger partial charge in [-0.2, -0.15) is 0 Å². The summed E-state index contributed by atoms with van der Waals surface area (Å²) >= 11 is 0. The molecule has 1 fully saturated rings. The van der Waals surface area contributed by atoms with E-state index in [1.54, 1.807) is 6.20 Å². The SMILES string of the molecule is CCC1(CC)C(=O)N(C(CCCCn2cc(CCCF)nn2)C(=O)O)C(=O)N([C@@H](CCC(=O)O)C(=O)O)C1=O. The quantitative estimate of drug-likeness (QED) is 0.187. The van der Waals surface area contributed by atoms with Crippen LogP contribution in [0.25, 0.3) is 0 Å². The Morgan fingerprint density at radius 2 is 1.49 bits per heavy atom. The lowest BCUT2D eigenvalue weighted by molar-refractivity contribution is -0.170. The summed E-state index contributed by atoms with van der Waals surface area (Å²) in [7, 11) is 0. The fourth-order valence-electron chi connectivity index (χ4n) is 4.66. The highest BCUT2D eigenvalue weighted by Gasteiger charge is 2.59. The van der Waals surface area contributed by atoms with Crippen molar-refractivity contribution in [1.82, 2.24) is 24.8 Å². The average molecular weight is 556 g/mol. The number of urea groups is 1. The highest BCUT2D eigenvalue weighted by molar-refractivity contribution is 6.21. The normalized spacial score (nSPS) is 16.8. The Hall–Kier alpha value is -3.91. The minimum Gasteiger partial charge on any atom is -0.481 e. The van der Waals surface area contributed by atoms with E-state index in [9.17, 15) is 43.4 Å². The number of unbranched alkanes of at least 4 members (excludes halogenated alkanes) is 1. The van der Waals surface area contributed by atoms with Crippen LogP contribution in [0.3, 0.4) is 0 Å². The second-order valence-corrected chi connectivity index (χ2v) is 9.32. The second kappa shape index (κ2) is 13.8. The standard InChI is InChI=1S/C24H34FN5O9/c1-3-24(4-2)21(37)29(23(39)30(22(24)38)17(20(35)36)10-11-18(31)32)16(19(33)34)9-5-6-13-28-14-15(26-27-28)8-7-12-25/h14,16-17H,3-13H2,1-2H3,(H,31,32)(H,33,34)(H,35,36)/t16?,17-/m0/s1. The van der Waals surface area contributed by atoms with E-state index in [-0.39, 0.29) is 25.7 Å². The molecule has 3 N–H and O–H groups in total. The lowest BCUT2D eigenvalue weighted by Crippen LogP contribution is -2.70. The zero-order valence-corrected chi connectivity index (χ0v) is 21.9. The van der Waals surface area contributed by atoms with Gasteiger partial charge in [-0.05, 0) is 51.4 Å². The summed E-state index contributed by atoms with van der Waals surface area (Å²) in [6, 6.07) is -4.99. The van der Waals surface area contributed by atoms with Crippen LogP contribution in [0.5, 0.6) is 0 Å². The molecule has 1 aliphatic heterocycles. The van der Waals surface area contributed by atoms with E-state index in [4.69, 9.17) is 5.11 Å². The number of carbonyl (C=O) groups excluding carboxylic acids is 3. The van der Waals surface area contributed by atoms with Gasteiger partial charge in [0, 0.05) is 19.2 Å². The van der Waals surface area contributed by atoms with E-state index < -0.39 is 72.8 Å². The summed E-state index contributed by atoms with van der Waals surface area (Å²) in [5.74, 6) is -6.64. The van der Waals surface area contributed by atoms with Crippen LogP contribution in [0.2, 0.25) is 0 Å². The van der Waals surface area contributed by atoms with E-state index in [0.717, 1.165) is 0 Å². The Balaban J connectivity index is 2.30. The first kappa shape index (κ1) is 31.3. The van der Waals surface area contributed by atoms with Crippen molar-refractivity contribution >= 4 is 35.8 Å². The Labute approximate surface area is 223 Å². The Bertz CT molecular complexity index is 1090. The monoisotopic (exact) mass is 555 g/mol. The number of halogens is 1. The van der Waals surface area contributed by atoms with Crippen molar-refractivity contribution < 1.29 is 48.5 Å². The third kappa shape index (κ3) is 6.95. The number of rotatable bonds is 17. The number of imide groups is 2. The fourth-order valence-corrected chi connectivity index (χ4v) is 4.66. The van der Waals surface area contributed by atoms with E-state index in [2.05, 4.69) is 10.3 Å². The first-order chi connectivity index (χ1) is 18.4. The van der Waals surface area contributed by atoms with Gasteiger partial charge in [0.2, 0.25) is 11.8 Å². The lowest BCUT2D eigenvalue weighted by Gasteiger charge is -2.46. The maximum atomic E-state index is 13.5. The van der Waals surface area contributed by atoms with Crippen molar-refractivity contribution in [3.8, 4) is 0 Å².